The molecular weight excluding hydrogens is 355 g/mol. The second-order valence-corrected chi connectivity index (χ2v) is 8.37. The van der Waals surface area contributed by atoms with E-state index in [0.29, 0.717) is 0 Å². The van der Waals surface area contributed by atoms with Gasteiger partial charge >= 0.3 is 136 Å². The van der Waals surface area contributed by atoms with Crippen molar-refractivity contribution >= 4 is 42.8 Å². The molecule has 1 nitrogen and oxygen atoms in total. The molecule has 2 aromatic rings. The molecule has 20 heavy (non-hydrogen) atoms. The van der Waals surface area contributed by atoms with Crippen molar-refractivity contribution in [2.24, 2.45) is 0 Å². The predicted molar refractivity (Wildman–Crippen MR) is 89.6 cm³/mol. The normalized spacial score (nSPS) is 12.3. The van der Waals surface area contributed by atoms with E-state index in [1.807, 2.05) is 18.2 Å². The molecule has 0 aromatic heterocycles. The Morgan fingerprint density at radius 3 is 2.65 bits per heavy atom. The van der Waals surface area contributed by atoms with Gasteiger partial charge in [-0.25, -0.2) is 0 Å². The van der Waals surface area contributed by atoms with Crippen LogP contribution in [0.15, 0.2) is 53.4 Å². The molecule has 2 rings (SSSR count). The van der Waals surface area contributed by atoms with Crippen molar-refractivity contribution < 1.29 is 5.11 Å². The molecule has 0 aliphatic heterocycles. The van der Waals surface area contributed by atoms with Crippen LogP contribution in [0.25, 0.3) is 0 Å². The van der Waals surface area contributed by atoms with Crippen molar-refractivity contribution in [1.29, 1.82) is 0 Å². The number of thioether (sulfide) groups is 1. The van der Waals surface area contributed by atoms with Gasteiger partial charge in [-0.2, -0.15) is 0 Å². The maximum absolute atomic E-state index is 10.1. The molecule has 0 aliphatic rings. The van der Waals surface area contributed by atoms with Gasteiger partial charge in [0.15, 0.2) is 0 Å². The van der Waals surface area contributed by atoms with Gasteiger partial charge in [-0.1, -0.05) is 0 Å². The molecule has 0 saturated carbocycles. The number of rotatable bonds is 6. The Labute approximate surface area is 135 Å². The summed E-state index contributed by atoms with van der Waals surface area (Å²) >= 11 is 7.94. The number of halogens is 1. The minimum atomic E-state index is -0.264. The molecule has 0 heterocycles. The van der Waals surface area contributed by atoms with E-state index in [0.717, 1.165) is 16.1 Å². The van der Waals surface area contributed by atoms with Gasteiger partial charge in [0.2, 0.25) is 0 Å². The summed E-state index contributed by atoms with van der Waals surface area (Å²) in [7, 11) is 0. The zero-order chi connectivity index (χ0) is 14.4. The van der Waals surface area contributed by atoms with E-state index in [2.05, 4.69) is 37.3 Å². The fourth-order valence-corrected chi connectivity index (χ4v) is 4.99. The van der Waals surface area contributed by atoms with Crippen LogP contribution in [0, 0.1) is 6.92 Å². The first kappa shape index (κ1) is 15.9. The molecule has 0 saturated heterocycles. The number of hydrogen-bond donors (Lipinski definition) is 1. The Bertz CT molecular complexity index is 544. The zero-order valence-corrected chi connectivity index (χ0v) is 14.5. The Balaban J connectivity index is 1.75. The van der Waals surface area contributed by atoms with E-state index < -0.39 is 0 Å². The van der Waals surface area contributed by atoms with E-state index in [4.69, 9.17) is 11.6 Å². The van der Waals surface area contributed by atoms with Crippen LogP contribution in [0.5, 0.6) is 0 Å². The fourth-order valence-electron chi connectivity index (χ4n) is 1.62. The molecular formula is C16H17ClOSSe. The molecule has 1 unspecified atom stereocenters. The van der Waals surface area contributed by atoms with Gasteiger partial charge in [0.1, 0.15) is 0 Å². The van der Waals surface area contributed by atoms with Crippen molar-refractivity contribution in [1.82, 2.24) is 0 Å². The summed E-state index contributed by atoms with van der Waals surface area (Å²) in [5.74, 6) is 0.741. The minimum absolute atomic E-state index is 0.264. The topological polar surface area (TPSA) is 20.2 Å². The average molecular weight is 372 g/mol. The van der Waals surface area contributed by atoms with Crippen molar-refractivity contribution in [2.75, 3.05) is 5.75 Å². The number of aliphatic hydroxyl groups is 1. The van der Waals surface area contributed by atoms with Crippen LogP contribution in [0.2, 0.25) is 10.3 Å². The maximum atomic E-state index is 10.1. The molecule has 0 amide bonds. The van der Waals surface area contributed by atoms with Gasteiger partial charge in [-0.15, -0.1) is 0 Å². The summed E-state index contributed by atoms with van der Waals surface area (Å²) in [6, 6.07) is 16.3. The summed E-state index contributed by atoms with van der Waals surface area (Å²) in [4.78, 5) is 1.21. The zero-order valence-electron chi connectivity index (χ0n) is 11.3. The Morgan fingerprint density at radius 1 is 1.20 bits per heavy atom. The average Bonchev–Trinajstić information content (AvgIpc) is 2.45. The predicted octanol–water partition coefficient (Wildman–Crippen LogP) is 3.55. The van der Waals surface area contributed by atoms with Crippen LogP contribution < -0.4 is 4.46 Å². The Morgan fingerprint density at radius 2 is 1.95 bits per heavy atom. The summed E-state index contributed by atoms with van der Waals surface area (Å²) in [5, 5.41) is 11.7. The summed E-state index contributed by atoms with van der Waals surface area (Å²) < 4.78 is 1.24. The van der Waals surface area contributed by atoms with Crippen molar-refractivity contribution in [3.05, 3.63) is 59.1 Å². The third-order valence-corrected chi connectivity index (χ3v) is 6.48. The molecule has 0 bridgehead atoms. The first-order chi connectivity index (χ1) is 9.63. The van der Waals surface area contributed by atoms with Gasteiger partial charge in [0.25, 0.3) is 0 Å². The molecule has 1 N–H and O–H groups in total. The van der Waals surface area contributed by atoms with Crippen molar-refractivity contribution in [3.8, 4) is 0 Å². The SMILES string of the molecule is Cc1ccc(SCC(O)C[Se]c2cccc(Cl)c2)cc1. The molecule has 106 valence electrons. The first-order valence-corrected chi connectivity index (χ1v) is 9.82. The Hall–Kier alpha value is -0.441. The molecule has 0 radical (unpaired) electrons. The van der Waals surface area contributed by atoms with E-state index >= 15 is 0 Å². The van der Waals surface area contributed by atoms with Crippen molar-refractivity contribution in [2.45, 2.75) is 23.2 Å². The van der Waals surface area contributed by atoms with Gasteiger partial charge in [0.05, 0.1) is 0 Å². The molecule has 1 atom stereocenters. The van der Waals surface area contributed by atoms with Gasteiger partial charge in [-0.3, -0.25) is 0 Å². The van der Waals surface area contributed by atoms with E-state index in [1.165, 1.54) is 14.9 Å². The van der Waals surface area contributed by atoms with Crippen LogP contribution in [-0.2, 0) is 0 Å². The first-order valence-electron chi connectivity index (χ1n) is 6.39. The van der Waals surface area contributed by atoms with E-state index in [-0.39, 0.29) is 21.1 Å². The molecule has 2 aromatic carbocycles. The van der Waals surface area contributed by atoms with E-state index in [9.17, 15) is 5.11 Å². The number of aliphatic hydroxyl groups excluding tert-OH is 1. The third-order valence-electron chi connectivity index (χ3n) is 2.70. The van der Waals surface area contributed by atoms with Gasteiger partial charge in [0, 0.05) is 0 Å². The fraction of sp³-hybridized carbons (Fsp3) is 0.250. The van der Waals surface area contributed by atoms with Gasteiger partial charge < -0.3 is 0 Å². The molecule has 0 fully saturated rings. The van der Waals surface area contributed by atoms with Crippen molar-refractivity contribution in [3.63, 3.8) is 0 Å². The second-order valence-electron chi connectivity index (χ2n) is 4.55. The van der Waals surface area contributed by atoms with Crippen LogP contribution in [0.1, 0.15) is 5.56 Å². The second kappa shape index (κ2) is 8.11. The summed E-state index contributed by atoms with van der Waals surface area (Å²) in [6.07, 6.45) is -0.264. The Kier molecular flexibility index (Phi) is 6.47. The van der Waals surface area contributed by atoms with Crippen LogP contribution in [0.4, 0.5) is 0 Å². The van der Waals surface area contributed by atoms with Crippen LogP contribution in [0.3, 0.4) is 0 Å². The quantitative estimate of drug-likeness (QED) is 0.619. The standard InChI is InChI=1S/C16H17ClOSSe/c1-12-5-7-15(8-6-12)19-10-14(18)11-20-16-4-2-3-13(17)9-16/h2-9,14,18H,10-11H2,1H3. The number of hydrogen-bond acceptors (Lipinski definition) is 2. The number of benzene rings is 2. The molecule has 0 aliphatic carbocycles. The van der Waals surface area contributed by atoms with Gasteiger partial charge in [-0.05, 0) is 0 Å². The summed E-state index contributed by atoms with van der Waals surface area (Å²) in [5.41, 5.74) is 1.26. The third kappa shape index (κ3) is 5.51. The number of aryl methyl sites for hydroxylation is 1. The molecule has 4 heteroatoms. The monoisotopic (exact) mass is 372 g/mol. The molecule has 0 spiro atoms. The summed E-state index contributed by atoms with van der Waals surface area (Å²) in [6.45, 7) is 2.08. The van der Waals surface area contributed by atoms with E-state index in [1.54, 1.807) is 11.8 Å². The van der Waals surface area contributed by atoms with Crippen LogP contribution >= 0.6 is 23.4 Å². The van der Waals surface area contributed by atoms with Crippen LogP contribution in [-0.4, -0.2) is 31.9 Å².